The van der Waals surface area contributed by atoms with E-state index in [4.69, 9.17) is 4.74 Å². The number of nitrogens with zero attached hydrogens (tertiary/aromatic N) is 5. The van der Waals surface area contributed by atoms with Gasteiger partial charge in [0.2, 0.25) is 5.91 Å². The molecule has 1 N–H and O–H groups in total. The average Bonchev–Trinajstić information content (AvgIpc) is 3.62. The van der Waals surface area contributed by atoms with Crippen molar-refractivity contribution in [2.24, 2.45) is 0 Å². The topological polar surface area (TPSA) is 103 Å². The van der Waals surface area contributed by atoms with Crippen LogP contribution in [0.2, 0.25) is 0 Å². The van der Waals surface area contributed by atoms with Gasteiger partial charge >= 0.3 is 0 Å². The molecule has 1 saturated carbocycles. The van der Waals surface area contributed by atoms with Crippen LogP contribution < -0.4 is 15.0 Å². The Balaban J connectivity index is 1.26. The van der Waals surface area contributed by atoms with Crippen molar-refractivity contribution in [3.05, 3.63) is 71.0 Å². The van der Waals surface area contributed by atoms with Gasteiger partial charge in [-0.1, -0.05) is 12.1 Å². The summed E-state index contributed by atoms with van der Waals surface area (Å²) in [5.74, 6) is 0.688. The van der Waals surface area contributed by atoms with E-state index in [0.717, 1.165) is 38.2 Å². The van der Waals surface area contributed by atoms with Gasteiger partial charge in [0.05, 0.1) is 19.3 Å². The summed E-state index contributed by atoms with van der Waals surface area (Å²) in [5.41, 5.74) is 4.13. The number of carbonyl (C=O) groups is 2. The van der Waals surface area contributed by atoms with Gasteiger partial charge in [-0.2, -0.15) is 10.4 Å². The lowest BCUT2D eigenvalue weighted by atomic mass is 9.94. The van der Waals surface area contributed by atoms with Crippen LogP contribution >= 0.6 is 0 Å². The standard InChI is InChI=1S/C28H28N6O3/c1-37-22-8-6-21(7-9-22)34-26-23(24(16-29)31-34)10-14-33(27(26)36)20-4-2-19(3-5-20)28(11-12-28)18-32-15-13-30-17-25(32)35/h2-9,30H,10-15,17-18H2,1H3. The molecule has 2 aromatic carbocycles. The minimum atomic E-state index is -0.175. The molecule has 6 rings (SSSR count). The van der Waals surface area contributed by atoms with Crippen LogP contribution in [0.4, 0.5) is 5.69 Å². The highest BCUT2D eigenvalue weighted by atomic mass is 16.5. The Kier molecular flexibility index (Phi) is 5.69. The lowest BCUT2D eigenvalue weighted by Crippen LogP contribution is -2.50. The number of piperazine rings is 1. The summed E-state index contributed by atoms with van der Waals surface area (Å²) in [7, 11) is 1.60. The minimum absolute atomic E-state index is 0.0132. The SMILES string of the molecule is COc1ccc(-n2nc(C#N)c3c2C(=O)N(c2ccc(C4(CN5CCNCC5=O)CC4)cc2)CC3)cc1. The number of amides is 2. The zero-order valence-corrected chi connectivity index (χ0v) is 20.7. The van der Waals surface area contributed by atoms with Crippen molar-refractivity contribution in [2.45, 2.75) is 24.7 Å². The number of nitrogens with one attached hydrogen (secondary N) is 1. The van der Waals surface area contributed by atoms with Crippen LogP contribution in [0.3, 0.4) is 0 Å². The fourth-order valence-electron chi connectivity index (χ4n) is 5.47. The zero-order valence-electron chi connectivity index (χ0n) is 20.7. The largest absolute Gasteiger partial charge is 0.497 e. The van der Waals surface area contributed by atoms with Gasteiger partial charge in [-0.25, -0.2) is 4.68 Å². The van der Waals surface area contributed by atoms with E-state index in [1.807, 2.05) is 29.2 Å². The number of ether oxygens (including phenoxy) is 1. The predicted octanol–water partition coefficient (Wildman–Crippen LogP) is 2.42. The van der Waals surface area contributed by atoms with Gasteiger partial charge in [-0.3, -0.25) is 9.59 Å². The van der Waals surface area contributed by atoms with Crippen molar-refractivity contribution in [3.8, 4) is 17.5 Å². The van der Waals surface area contributed by atoms with E-state index >= 15 is 0 Å². The molecule has 0 radical (unpaired) electrons. The van der Waals surface area contributed by atoms with Gasteiger partial charge in [0, 0.05) is 42.8 Å². The summed E-state index contributed by atoms with van der Waals surface area (Å²) in [5, 5.41) is 17.2. The van der Waals surface area contributed by atoms with E-state index in [-0.39, 0.29) is 22.9 Å². The third kappa shape index (κ3) is 4.03. The number of hydrogen-bond acceptors (Lipinski definition) is 6. The number of hydrogen-bond donors (Lipinski definition) is 1. The molecule has 1 aliphatic carbocycles. The Hall–Kier alpha value is -4.16. The number of anilines is 1. The molecule has 0 unspecified atom stereocenters. The van der Waals surface area contributed by atoms with Crippen molar-refractivity contribution in [1.29, 1.82) is 5.26 Å². The molecule has 2 fully saturated rings. The highest BCUT2D eigenvalue weighted by molar-refractivity contribution is 6.07. The lowest BCUT2D eigenvalue weighted by molar-refractivity contribution is -0.132. The molecule has 9 nitrogen and oxygen atoms in total. The quantitative estimate of drug-likeness (QED) is 0.562. The van der Waals surface area contributed by atoms with E-state index < -0.39 is 0 Å². The average molecular weight is 497 g/mol. The predicted molar refractivity (Wildman–Crippen MR) is 137 cm³/mol. The molecule has 1 saturated heterocycles. The monoisotopic (exact) mass is 496 g/mol. The van der Waals surface area contributed by atoms with Crippen molar-refractivity contribution in [1.82, 2.24) is 20.0 Å². The second kappa shape index (κ2) is 9.05. The van der Waals surface area contributed by atoms with Gasteiger partial charge in [-0.15, -0.1) is 0 Å². The third-order valence-electron chi connectivity index (χ3n) is 7.77. The van der Waals surface area contributed by atoms with Crippen LogP contribution in [0, 0.1) is 11.3 Å². The number of nitriles is 1. The van der Waals surface area contributed by atoms with Crippen molar-refractivity contribution < 1.29 is 14.3 Å². The summed E-state index contributed by atoms with van der Waals surface area (Å²) in [6, 6.07) is 17.6. The van der Waals surface area contributed by atoms with Crippen molar-refractivity contribution in [2.75, 3.05) is 44.7 Å². The van der Waals surface area contributed by atoms with Crippen molar-refractivity contribution >= 4 is 17.5 Å². The molecule has 3 heterocycles. The van der Waals surface area contributed by atoms with E-state index in [1.54, 1.807) is 28.8 Å². The number of fused-ring (bicyclic) bond motifs is 1. The fraction of sp³-hybridized carbons (Fsp3) is 0.357. The molecule has 0 bridgehead atoms. The first-order chi connectivity index (χ1) is 18.0. The molecular formula is C28H28N6O3. The van der Waals surface area contributed by atoms with E-state index in [9.17, 15) is 14.9 Å². The number of benzene rings is 2. The summed E-state index contributed by atoms with van der Waals surface area (Å²) in [6.45, 7) is 3.22. The Morgan fingerprint density at radius 3 is 2.43 bits per heavy atom. The van der Waals surface area contributed by atoms with E-state index in [0.29, 0.717) is 42.2 Å². The highest BCUT2D eigenvalue weighted by Gasteiger charge is 2.46. The normalized spacial score (nSPS) is 18.4. The third-order valence-corrected chi connectivity index (χ3v) is 7.77. The highest BCUT2D eigenvalue weighted by Crippen LogP contribution is 2.49. The summed E-state index contributed by atoms with van der Waals surface area (Å²) in [4.78, 5) is 29.8. The molecule has 37 heavy (non-hydrogen) atoms. The first kappa shape index (κ1) is 23.3. The van der Waals surface area contributed by atoms with E-state index in [1.165, 1.54) is 5.56 Å². The van der Waals surface area contributed by atoms with Crippen LogP contribution in [0.5, 0.6) is 5.75 Å². The smallest absolute Gasteiger partial charge is 0.277 e. The summed E-state index contributed by atoms with van der Waals surface area (Å²) in [6.07, 6.45) is 2.68. The second-order valence-electron chi connectivity index (χ2n) is 9.92. The Bertz CT molecular complexity index is 1400. The fourth-order valence-corrected chi connectivity index (χ4v) is 5.47. The molecule has 0 spiro atoms. The minimum Gasteiger partial charge on any atom is -0.497 e. The lowest BCUT2D eigenvalue weighted by Gasteiger charge is -2.32. The van der Waals surface area contributed by atoms with Gasteiger partial charge < -0.3 is 19.9 Å². The molecular weight excluding hydrogens is 468 g/mol. The van der Waals surface area contributed by atoms with Gasteiger partial charge in [-0.05, 0) is 61.2 Å². The molecule has 2 aliphatic heterocycles. The number of carbonyl (C=O) groups excluding carboxylic acids is 2. The second-order valence-corrected chi connectivity index (χ2v) is 9.92. The van der Waals surface area contributed by atoms with E-state index in [2.05, 4.69) is 28.6 Å². The van der Waals surface area contributed by atoms with Gasteiger partial charge in [0.25, 0.3) is 5.91 Å². The summed E-state index contributed by atoms with van der Waals surface area (Å²) >= 11 is 0. The van der Waals surface area contributed by atoms with Crippen LogP contribution in [0.25, 0.3) is 5.69 Å². The number of rotatable bonds is 6. The van der Waals surface area contributed by atoms with Crippen molar-refractivity contribution in [3.63, 3.8) is 0 Å². The van der Waals surface area contributed by atoms with Gasteiger partial charge in [0.15, 0.2) is 5.69 Å². The molecule has 1 aromatic heterocycles. The number of aromatic nitrogens is 2. The first-order valence-corrected chi connectivity index (χ1v) is 12.6. The Labute approximate surface area is 215 Å². The molecule has 3 aliphatic rings. The zero-order chi connectivity index (χ0) is 25.6. The summed E-state index contributed by atoms with van der Waals surface area (Å²) < 4.78 is 6.82. The molecule has 0 atom stereocenters. The van der Waals surface area contributed by atoms with Crippen LogP contribution in [0.15, 0.2) is 48.5 Å². The van der Waals surface area contributed by atoms with Crippen LogP contribution in [0.1, 0.15) is 40.2 Å². The van der Waals surface area contributed by atoms with Crippen LogP contribution in [-0.4, -0.2) is 66.3 Å². The number of methoxy groups -OCH3 is 1. The molecule has 2 amide bonds. The molecule has 188 valence electrons. The molecule has 3 aromatic rings. The van der Waals surface area contributed by atoms with Gasteiger partial charge in [0.1, 0.15) is 17.5 Å². The maximum atomic E-state index is 13.7. The van der Waals surface area contributed by atoms with Crippen LogP contribution in [-0.2, 0) is 16.6 Å². The first-order valence-electron chi connectivity index (χ1n) is 12.6. The maximum absolute atomic E-state index is 13.7. The molecule has 9 heteroatoms. The Morgan fingerprint density at radius 2 is 1.78 bits per heavy atom. The maximum Gasteiger partial charge on any atom is 0.277 e. The Morgan fingerprint density at radius 1 is 1.05 bits per heavy atom.